The number of hydrogen-bond donors (Lipinski definition) is 1. The standard InChI is InChI=1S/C16H19N3O3S2/c1-24(21,22)13-9-23-15-11(13)2-5-17-14(15)16(20)18-12-8-19-6-3-10(12)4-7-19/h2,5,9-10,12H,3-4,6-8H2,1H3,(H,18,20)/t12-/m0/s1. The molecule has 1 N–H and O–H groups in total. The van der Waals surface area contributed by atoms with Gasteiger partial charge in [0.2, 0.25) is 0 Å². The van der Waals surface area contributed by atoms with E-state index < -0.39 is 9.84 Å². The van der Waals surface area contributed by atoms with E-state index in [4.69, 9.17) is 0 Å². The van der Waals surface area contributed by atoms with Gasteiger partial charge in [0.15, 0.2) is 9.84 Å². The van der Waals surface area contributed by atoms with E-state index in [0.29, 0.717) is 21.7 Å². The second kappa shape index (κ2) is 5.79. The van der Waals surface area contributed by atoms with Gasteiger partial charge in [0.25, 0.3) is 5.91 Å². The number of hydrogen-bond acceptors (Lipinski definition) is 6. The highest BCUT2D eigenvalue weighted by Crippen LogP contribution is 2.32. The van der Waals surface area contributed by atoms with Crippen molar-refractivity contribution < 1.29 is 13.2 Å². The first kappa shape index (κ1) is 16.0. The van der Waals surface area contributed by atoms with Gasteiger partial charge in [-0.3, -0.25) is 4.79 Å². The summed E-state index contributed by atoms with van der Waals surface area (Å²) in [6.07, 6.45) is 4.94. The predicted molar refractivity (Wildman–Crippen MR) is 93.1 cm³/mol. The number of sulfone groups is 1. The molecule has 24 heavy (non-hydrogen) atoms. The molecular formula is C16H19N3O3S2. The van der Waals surface area contributed by atoms with Crippen LogP contribution in [-0.4, -0.2) is 56.1 Å². The molecule has 0 unspecified atom stereocenters. The molecule has 3 aliphatic heterocycles. The summed E-state index contributed by atoms with van der Waals surface area (Å²) in [7, 11) is -3.32. The van der Waals surface area contributed by atoms with E-state index in [2.05, 4.69) is 15.2 Å². The summed E-state index contributed by atoms with van der Waals surface area (Å²) in [5, 5.41) is 5.29. The molecule has 3 aliphatic rings. The van der Waals surface area contributed by atoms with Crippen molar-refractivity contribution in [1.82, 2.24) is 15.2 Å². The Hall–Kier alpha value is -1.51. The number of piperidine rings is 3. The third-order valence-electron chi connectivity index (χ3n) is 5.04. The number of pyridine rings is 1. The largest absolute Gasteiger partial charge is 0.346 e. The number of rotatable bonds is 3. The van der Waals surface area contributed by atoms with Crippen LogP contribution >= 0.6 is 11.3 Å². The lowest BCUT2D eigenvalue weighted by molar-refractivity contribution is 0.0619. The minimum absolute atomic E-state index is 0.159. The molecule has 3 fully saturated rings. The van der Waals surface area contributed by atoms with E-state index in [-0.39, 0.29) is 16.8 Å². The maximum Gasteiger partial charge on any atom is 0.271 e. The maximum atomic E-state index is 12.7. The summed E-state index contributed by atoms with van der Waals surface area (Å²) < 4.78 is 24.4. The molecule has 1 amide bonds. The molecule has 5 heterocycles. The molecular weight excluding hydrogens is 346 g/mol. The van der Waals surface area contributed by atoms with Crippen molar-refractivity contribution in [3.63, 3.8) is 0 Å². The molecule has 2 bridgehead atoms. The fourth-order valence-electron chi connectivity index (χ4n) is 3.75. The van der Waals surface area contributed by atoms with Crippen molar-refractivity contribution in [2.24, 2.45) is 5.92 Å². The predicted octanol–water partition coefficient (Wildman–Crippen LogP) is 1.52. The van der Waals surface area contributed by atoms with Crippen LogP contribution in [0.4, 0.5) is 0 Å². The number of nitrogens with one attached hydrogen (secondary N) is 1. The zero-order chi connectivity index (χ0) is 16.9. The summed E-state index contributed by atoms with van der Waals surface area (Å²) in [6.45, 7) is 3.13. The highest BCUT2D eigenvalue weighted by Gasteiger charge is 2.35. The summed E-state index contributed by atoms with van der Waals surface area (Å²) in [6, 6.07) is 1.82. The first-order chi connectivity index (χ1) is 11.4. The minimum Gasteiger partial charge on any atom is -0.346 e. The van der Waals surface area contributed by atoms with E-state index in [0.717, 1.165) is 32.5 Å². The van der Waals surface area contributed by atoms with Crippen LogP contribution in [0.2, 0.25) is 0 Å². The molecule has 0 spiro atoms. The Morgan fingerprint density at radius 3 is 2.75 bits per heavy atom. The van der Waals surface area contributed by atoms with Gasteiger partial charge in [0.05, 0.1) is 9.60 Å². The van der Waals surface area contributed by atoms with Crippen LogP contribution in [0.25, 0.3) is 10.1 Å². The Morgan fingerprint density at radius 1 is 1.38 bits per heavy atom. The van der Waals surface area contributed by atoms with Gasteiger partial charge in [-0.05, 0) is 37.9 Å². The Morgan fingerprint density at radius 2 is 2.12 bits per heavy atom. The number of carbonyl (C=O) groups is 1. The molecule has 6 nitrogen and oxygen atoms in total. The lowest BCUT2D eigenvalue weighted by Gasteiger charge is -2.44. The number of carbonyl (C=O) groups excluding carboxylic acids is 1. The summed E-state index contributed by atoms with van der Waals surface area (Å²) in [5.74, 6) is 0.328. The van der Waals surface area contributed by atoms with Crippen LogP contribution in [-0.2, 0) is 9.84 Å². The fraction of sp³-hybridized carbons (Fsp3) is 0.500. The molecule has 0 saturated carbocycles. The molecule has 0 aliphatic carbocycles. The van der Waals surface area contributed by atoms with Gasteiger partial charge in [-0.15, -0.1) is 11.3 Å². The zero-order valence-corrected chi connectivity index (χ0v) is 15.0. The average Bonchev–Trinajstić information content (AvgIpc) is 3.00. The Labute approximate surface area is 144 Å². The number of aromatic nitrogens is 1. The SMILES string of the molecule is CS(=O)(=O)c1csc2c(C(=O)N[C@H]3CN4CCC3CC4)nccc12. The van der Waals surface area contributed by atoms with E-state index in [1.54, 1.807) is 11.4 Å². The highest BCUT2D eigenvalue weighted by molar-refractivity contribution is 7.91. The first-order valence-corrected chi connectivity index (χ1v) is 10.8. The van der Waals surface area contributed by atoms with Crippen LogP contribution in [0.1, 0.15) is 23.3 Å². The molecule has 5 rings (SSSR count). The van der Waals surface area contributed by atoms with Crippen molar-refractivity contribution in [3.8, 4) is 0 Å². The van der Waals surface area contributed by atoms with E-state index in [1.807, 2.05) is 0 Å². The lowest BCUT2D eigenvalue weighted by Crippen LogP contribution is -2.57. The van der Waals surface area contributed by atoms with E-state index in [9.17, 15) is 13.2 Å². The van der Waals surface area contributed by atoms with Gasteiger partial charge in [-0.1, -0.05) is 0 Å². The van der Waals surface area contributed by atoms with Crippen molar-refractivity contribution in [1.29, 1.82) is 0 Å². The molecule has 0 radical (unpaired) electrons. The molecule has 8 heteroatoms. The van der Waals surface area contributed by atoms with Crippen LogP contribution in [0.15, 0.2) is 22.5 Å². The Bertz CT molecular complexity index is 898. The molecule has 0 aromatic carbocycles. The van der Waals surface area contributed by atoms with Gasteiger partial charge >= 0.3 is 0 Å². The fourth-order valence-corrected chi connectivity index (χ4v) is 6.14. The zero-order valence-electron chi connectivity index (χ0n) is 13.4. The summed E-state index contributed by atoms with van der Waals surface area (Å²) in [4.78, 5) is 19.6. The second-order valence-corrected chi connectivity index (χ2v) is 9.49. The minimum atomic E-state index is -3.32. The average molecular weight is 365 g/mol. The van der Waals surface area contributed by atoms with Crippen molar-refractivity contribution in [2.75, 3.05) is 25.9 Å². The third-order valence-corrected chi connectivity index (χ3v) is 7.33. The topological polar surface area (TPSA) is 79.4 Å². The Kier molecular flexibility index (Phi) is 3.85. The number of nitrogens with zero attached hydrogens (tertiary/aromatic N) is 2. The van der Waals surface area contributed by atoms with Crippen LogP contribution < -0.4 is 5.32 Å². The Balaban J connectivity index is 1.64. The van der Waals surface area contributed by atoms with Crippen molar-refractivity contribution in [3.05, 3.63) is 23.3 Å². The lowest BCUT2D eigenvalue weighted by atomic mass is 9.84. The van der Waals surface area contributed by atoms with Crippen LogP contribution in [0, 0.1) is 5.92 Å². The molecule has 128 valence electrons. The highest BCUT2D eigenvalue weighted by atomic mass is 32.2. The second-order valence-electron chi connectivity index (χ2n) is 6.63. The van der Waals surface area contributed by atoms with Crippen molar-refractivity contribution in [2.45, 2.75) is 23.8 Å². The quantitative estimate of drug-likeness (QED) is 0.892. The van der Waals surface area contributed by atoms with E-state index >= 15 is 0 Å². The van der Waals surface area contributed by atoms with Gasteiger partial charge in [-0.2, -0.15) is 0 Å². The number of fused-ring (bicyclic) bond motifs is 4. The number of thiophene rings is 1. The first-order valence-electron chi connectivity index (χ1n) is 8.03. The molecule has 3 saturated heterocycles. The van der Waals surface area contributed by atoms with Gasteiger partial charge in [0.1, 0.15) is 5.69 Å². The monoisotopic (exact) mass is 365 g/mol. The number of amides is 1. The summed E-state index contributed by atoms with van der Waals surface area (Å²) >= 11 is 1.26. The normalized spacial score (nSPS) is 26.6. The molecule has 1 atom stereocenters. The van der Waals surface area contributed by atoms with Crippen LogP contribution in [0.3, 0.4) is 0 Å². The van der Waals surface area contributed by atoms with Crippen molar-refractivity contribution >= 4 is 37.2 Å². The summed E-state index contributed by atoms with van der Waals surface area (Å²) in [5.41, 5.74) is 0.323. The van der Waals surface area contributed by atoms with Gasteiger partial charge in [0, 0.05) is 35.8 Å². The molecule has 2 aromatic rings. The van der Waals surface area contributed by atoms with Crippen LogP contribution in [0.5, 0.6) is 0 Å². The van der Waals surface area contributed by atoms with Gasteiger partial charge < -0.3 is 10.2 Å². The molecule has 2 aromatic heterocycles. The maximum absolute atomic E-state index is 12.7. The van der Waals surface area contributed by atoms with E-state index in [1.165, 1.54) is 23.8 Å². The smallest absolute Gasteiger partial charge is 0.271 e. The third kappa shape index (κ3) is 2.72. The van der Waals surface area contributed by atoms with Gasteiger partial charge in [-0.25, -0.2) is 13.4 Å².